The summed E-state index contributed by atoms with van der Waals surface area (Å²) in [6, 6.07) is 3.97. The molecule has 1 saturated carbocycles. The van der Waals surface area contributed by atoms with E-state index in [1.807, 2.05) is 12.1 Å². The standard InChI is InChI=1S/C17H27NO3/c1-19-15-10-9-14(16(20-2)17(15)21-3)12-18-11-13-7-5-4-6-8-13/h9-10,13,18H,4-8,11-12H2,1-3H3. The fourth-order valence-corrected chi connectivity index (χ4v) is 3.10. The maximum absolute atomic E-state index is 5.51. The third-order valence-corrected chi connectivity index (χ3v) is 4.26. The fourth-order valence-electron chi connectivity index (χ4n) is 3.10. The second-order valence-electron chi connectivity index (χ2n) is 5.63. The van der Waals surface area contributed by atoms with Gasteiger partial charge in [0.15, 0.2) is 11.5 Å². The fraction of sp³-hybridized carbons (Fsp3) is 0.647. The van der Waals surface area contributed by atoms with Crippen molar-refractivity contribution in [1.29, 1.82) is 0 Å². The van der Waals surface area contributed by atoms with E-state index in [1.165, 1.54) is 32.1 Å². The zero-order valence-electron chi connectivity index (χ0n) is 13.4. The summed E-state index contributed by atoms with van der Waals surface area (Å²) in [5.41, 5.74) is 1.10. The van der Waals surface area contributed by atoms with Gasteiger partial charge in [-0.25, -0.2) is 0 Å². The Morgan fingerprint density at radius 1 is 0.952 bits per heavy atom. The van der Waals surface area contributed by atoms with Crippen LogP contribution in [0.25, 0.3) is 0 Å². The summed E-state index contributed by atoms with van der Waals surface area (Å²) in [6.07, 6.45) is 6.88. The molecule has 0 aromatic heterocycles. The Bertz CT molecular complexity index is 442. The van der Waals surface area contributed by atoms with E-state index in [9.17, 15) is 0 Å². The molecule has 1 aromatic rings. The lowest BCUT2D eigenvalue weighted by Crippen LogP contribution is -2.24. The van der Waals surface area contributed by atoms with Crippen molar-refractivity contribution in [3.63, 3.8) is 0 Å². The molecule has 1 fully saturated rings. The molecular weight excluding hydrogens is 266 g/mol. The Kier molecular flexibility index (Phi) is 6.18. The van der Waals surface area contributed by atoms with Gasteiger partial charge in [-0.2, -0.15) is 0 Å². The van der Waals surface area contributed by atoms with E-state index in [1.54, 1.807) is 21.3 Å². The molecular formula is C17H27NO3. The summed E-state index contributed by atoms with van der Waals surface area (Å²) in [5, 5.41) is 3.56. The minimum absolute atomic E-state index is 0.664. The maximum atomic E-state index is 5.51. The van der Waals surface area contributed by atoms with Gasteiger partial charge in [0.25, 0.3) is 0 Å². The molecule has 0 aliphatic heterocycles. The van der Waals surface area contributed by atoms with Gasteiger partial charge >= 0.3 is 0 Å². The Morgan fingerprint density at radius 3 is 2.29 bits per heavy atom. The Labute approximate surface area is 127 Å². The van der Waals surface area contributed by atoms with Crippen LogP contribution in [0, 0.1) is 5.92 Å². The second-order valence-corrected chi connectivity index (χ2v) is 5.63. The highest BCUT2D eigenvalue weighted by atomic mass is 16.5. The molecule has 0 saturated heterocycles. The zero-order valence-corrected chi connectivity index (χ0v) is 13.4. The third kappa shape index (κ3) is 4.03. The normalized spacial score (nSPS) is 15.8. The van der Waals surface area contributed by atoms with Crippen molar-refractivity contribution < 1.29 is 14.2 Å². The zero-order chi connectivity index (χ0) is 15.1. The quantitative estimate of drug-likeness (QED) is 0.836. The van der Waals surface area contributed by atoms with Gasteiger partial charge in [0.1, 0.15) is 0 Å². The van der Waals surface area contributed by atoms with Crippen LogP contribution in [0.5, 0.6) is 17.2 Å². The number of ether oxygens (including phenoxy) is 3. The summed E-state index contributed by atoms with van der Waals surface area (Å²) >= 11 is 0. The lowest BCUT2D eigenvalue weighted by molar-refractivity contribution is 0.319. The van der Waals surface area contributed by atoms with E-state index in [4.69, 9.17) is 14.2 Å². The number of hydrogen-bond acceptors (Lipinski definition) is 4. The van der Waals surface area contributed by atoms with Gasteiger partial charge in [-0.1, -0.05) is 25.3 Å². The van der Waals surface area contributed by atoms with E-state index >= 15 is 0 Å². The molecule has 0 bridgehead atoms. The predicted molar refractivity (Wildman–Crippen MR) is 84.4 cm³/mol. The minimum Gasteiger partial charge on any atom is -0.493 e. The van der Waals surface area contributed by atoms with Crippen LogP contribution < -0.4 is 19.5 Å². The van der Waals surface area contributed by atoms with E-state index in [0.717, 1.165) is 30.3 Å². The van der Waals surface area contributed by atoms with Crippen molar-refractivity contribution in [2.45, 2.75) is 38.6 Å². The van der Waals surface area contributed by atoms with Crippen LogP contribution >= 0.6 is 0 Å². The van der Waals surface area contributed by atoms with E-state index in [-0.39, 0.29) is 0 Å². The van der Waals surface area contributed by atoms with Crippen molar-refractivity contribution in [3.05, 3.63) is 17.7 Å². The van der Waals surface area contributed by atoms with Crippen molar-refractivity contribution in [2.75, 3.05) is 27.9 Å². The van der Waals surface area contributed by atoms with Gasteiger partial charge in [-0.15, -0.1) is 0 Å². The minimum atomic E-state index is 0.664. The van der Waals surface area contributed by atoms with Gasteiger partial charge in [0.05, 0.1) is 21.3 Å². The molecule has 1 aliphatic rings. The first-order valence-corrected chi connectivity index (χ1v) is 7.78. The van der Waals surface area contributed by atoms with Crippen LogP contribution in [0.15, 0.2) is 12.1 Å². The van der Waals surface area contributed by atoms with Crippen LogP contribution in [-0.2, 0) is 6.54 Å². The van der Waals surface area contributed by atoms with E-state index < -0.39 is 0 Å². The van der Waals surface area contributed by atoms with Crippen LogP contribution in [0.3, 0.4) is 0 Å². The first-order valence-electron chi connectivity index (χ1n) is 7.78. The van der Waals surface area contributed by atoms with Crippen LogP contribution in [0.2, 0.25) is 0 Å². The predicted octanol–water partition coefficient (Wildman–Crippen LogP) is 3.38. The highest BCUT2D eigenvalue weighted by Gasteiger charge is 2.16. The van der Waals surface area contributed by atoms with Crippen LogP contribution in [0.4, 0.5) is 0 Å². The summed E-state index contributed by atoms with van der Waals surface area (Å²) < 4.78 is 16.2. The molecule has 0 unspecified atom stereocenters. The Morgan fingerprint density at radius 2 is 1.67 bits per heavy atom. The first kappa shape index (κ1) is 16.0. The largest absolute Gasteiger partial charge is 0.493 e. The van der Waals surface area contributed by atoms with Crippen molar-refractivity contribution in [1.82, 2.24) is 5.32 Å². The molecule has 0 heterocycles. The monoisotopic (exact) mass is 293 g/mol. The maximum Gasteiger partial charge on any atom is 0.203 e. The second kappa shape index (κ2) is 8.13. The molecule has 118 valence electrons. The Hall–Kier alpha value is -1.42. The smallest absolute Gasteiger partial charge is 0.203 e. The van der Waals surface area contributed by atoms with Crippen molar-refractivity contribution in [2.24, 2.45) is 5.92 Å². The molecule has 0 atom stereocenters. The SMILES string of the molecule is COc1ccc(CNCC2CCCCC2)c(OC)c1OC. The summed E-state index contributed by atoms with van der Waals surface area (Å²) in [4.78, 5) is 0. The molecule has 2 rings (SSSR count). The van der Waals surface area contributed by atoms with Gasteiger partial charge < -0.3 is 19.5 Å². The molecule has 0 radical (unpaired) electrons. The number of benzene rings is 1. The van der Waals surface area contributed by atoms with Gasteiger partial charge in [0, 0.05) is 12.1 Å². The van der Waals surface area contributed by atoms with Crippen molar-refractivity contribution >= 4 is 0 Å². The lowest BCUT2D eigenvalue weighted by Gasteiger charge is -2.22. The molecule has 1 N–H and O–H groups in total. The molecule has 0 amide bonds. The number of hydrogen-bond donors (Lipinski definition) is 1. The number of rotatable bonds is 7. The molecule has 4 heteroatoms. The summed E-state index contributed by atoms with van der Waals surface area (Å²) in [5.74, 6) is 2.94. The van der Waals surface area contributed by atoms with E-state index in [2.05, 4.69) is 5.32 Å². The highest BCUT2D eigenvalue weighted by Crippen LogP contribution is 2.39. The van der Waals surface area contributed by atoms with Gasteiger partial charge in [0.2, 0.25) is 5.75 Å². The average molecular weight is 293 g/mol. The molecule has 21 heavy (non-hydrogen) atoms. The van der Waals surface area contributed by atoms with Gasteiger partial charge in [-0.3, -0.25) is 0 Å². The third-order valence-electron chi connectivity index (χ3n) is 4.26. The van der Waals surface area contributed by atoms with Gasteiger partial charge in [-0.05, 0) is 31.4 Å². The van der Waals surface area contributed by atoms with Crippen LogP contribution in [0.1, 0.15) is 37.7 Å². The summed E-state index contributed by atoms with van der Waals surface area (Å²) in [6.45, 7) is 1.87. The molecule has 0 spiro atoms. The molecule has 1 aliphatic carbocycles. The number of methoxy groups -OCH3 is 3. The Balaban J connectivity index is 1.98. The first-order chi connectivity index (χ1) is 10.3. The highest BCUT2D eigenvalue weighted by molar-refractivity contribution is 5.55. The molecule has 1 aromatic carbocycles. The number of nitrogens with one attached hydrogen (secondary N) is 1. The summed E-state index contributed by atoms with van der Waals surface area (Å²) in [7, 11) is 4.94. The molecule has 4 nitrogen and oxygen atoms in total. The van der Waals surface area contributed by atoms with E-state index in [0.29, 0.717) is 11.5 Å². The lowest BCUT2D eigenvalue weighted by atomic mass is 9.89. The topological polar surface area (TPSA) is 39.7 Å². The van der Waals surface area contributed by atoms with Crippen molar-refractivity contribution in [3.8, 4) is 17.2 Å². The van der Waals surface area contributed by atoms with Crippen LogP contribution in [-0.4, -0.2) is 27.9 Å². The average Bonchev–Trinajstić information content (AvgIpc) is 2.55.